The second-order valence-corrected chi connectivity index (χ2v) is 6.56. The van der Waals surface area contributed by atoms with Crippen molar-refractivity contribution in [3.8, 4) is 0 Å². The van der Waals surface area contributed by atoms with Gasteiger partial charge in [0.2, 0.25) is 0 Å². The van der Waals surface area contributed by atoms with Gasteiger partial charge in [-0.3, -0.25) is 0 Å². The number of aliphatic hydroxyl groups is 1. The van der Waals surface area contributed by atoms with E-state index in [4.69, 9.17) is 4.98 Å². The molecule has 0 aliphatic carbocycles. The maximum atomic E-state index is 9.42. The molecule has 2 heterocycles. The number of aromatic nitrogens is 1. The Kier molecular flexibility index (Phi) is 5.64. The minimum Gasteiger partial charge on any atom is -0.391 e. The highest BCUT2D eigenvalue weighted by Gasteiger charge is 2.22. The van der Waals surface area contributed by atoms with Gasteiger partial charge in [-0.05, 0) is 25.2 Å². The Morgan fingerprint density at radius 3 is 2.58 bits per heavy atom. The van der Waals surface area contributed by atoms with Crippen molar-refractivity contribution >= 4 is 16.5 Å². The number of piperidine rings is 1. The van der Waals surface area contributed by atoms with Crippen molar-refractivity contribution in [1.29, 1.82) is 0 Å². The van der Waals surface area contributed by atoms with Crippen LogP contribution in [0.25, 0.3) is 0 Å². The first-order valence-corrected chi connectivity index (χ1v) is 8.44. The fraction of sp³-hybridized carbons (Fsp3) is 0.800. The molecule has 1 fully saturated rings. The Morgan fingerprint density at radius 2 is 2.00 bits per heavy atom. The van der Waals surface area contributed by atoms with Gasteiger partial charge in [-0.15, -0.1) is 0 Å². The van der Waals surface area contributed by atoms with Crippen molar-refractivity contribution in [2.75, 3.05) is 18.0 Å². The summed E-state index contributed by atoms with van der Waals surface area (Å²) in [5.41, 5.74) is 1.11. The van der Waals surface area contributed by atoms with Gasteiger partial charge in [0.1, 0.15) is 0 Å². The molecule has 0 saturated carbocycles. The second kappa shape index (κ2) is 7.25. The lowest BCUT2D eigenvalue weighted by Crippen LogP contribution is -2.33. The third-order valence-corrected chi connectivity index (χ3v) is 5.12. The number of anilines is 1. The van der Waals surface area contributed by atoms with Crippen molar-refractivity contribution in [2.45, 2.75) is 59.0 Å². The standard InChI is InChI=1S/C15H26N2OS/c1-3-5-12-7-9-17(10-8-12)15-16-13(6-4-2)14(11-18)19-15/h12,18H,3-11H2,1-2H3. The molecule has 0 aromatic carbocycles. The zero-order valence-electron chi connectivity index (χ0n) is 12.2. The normalized spacial score (nSPS) is 17.1. The summed E-state index contributed by atoms with van der Waals surface area (Å²) in [5.74, 6) is 0.911. The Labute approximate surface area is 120 Å². The van der Waals surface area contributed by atoms with E-state index in [9.17, 15) is 5.11 Å². The van der Waals surface area contributed by atoms with Crippen LogP contribution in [0.3, 0.4) is 0 Å². The van der Waals surface area contributed by atoms with Crippen LogP contribution in [0, 0.1) is 5.92 Å². The third-order valence-electron chi connectivity index (χ3n) is 3.98. The van der Waals surface area contributed by atoms with Crippen LogP contribution in [0.15, 0.2) is 0 Å². The molecule has 1 N–H and O–H groups in total. The first-order valence-electron chi connectivity index (χ1n) is 7.62. The SMILES string of the molecule is CCCc1nc(N2CCC(CCC)CC2)sc1CO. The summed E-state index contributed by atoms with van der Waals surface area (Å²) in [4.78, 5) is 8.22. The number of rotatable bonds is 6. The van der Waals surface area contributed by atoms with Gasteiger partial charge in [0.15, 0.2) is 5.13 Å². The summed E-state index contributed by atoms with van der Waals surface area (Å²) < 4.78 is 0. The highest BCUT2D eigenvalue weighted by molar-refractivity contribution is 7.15. The van der Waals surface area contributed by atoms with Gasteiger partial charge in [-0.1, -0.05) is 44.4 Å². The van der Waals surface area contributed by atoms with Crippen molar-refractivity contribution in [3.63, 3.8) is 0 Å². The van der Waals surface area contributed by atoms with Gasteiger partial charge >= 0.3 is 0 Å². The van der Waals surface area contributed by atoms with Crippen LogP contribution in [0.4, 0.5) is 5.13 Å². The summed E-state index contributed by atoms with van der Waals surface area (Å²) >= 11 is 1.69. The van der Waals surface area contributed by atoms with Crippen LogP contribution in [0.2, 0.25) is 0 Å². The van der Waals surface area contributed by atoms with Gasteiger partial charge in [-0.25, -0.2) is 4.98 Å². The molecule has 1 aromatic heterocycles. The van der Waals surface area contributed by atoms with Gasteiger partial charge in [-0.2, -0.15) is 0 Å². The smallest absolute Gasteiger partial charge is 0.185 e. The molecule has 0 radical (unpaired) electrons. The zero-order chi connectivity index (χ0) is 13.7. The highest BCUT2D eigenvalue weighted by atomic mass is 32.1. The molecule has 19 heavy (non-hydrogen) atoms. The van der Waals surface area contributed by atoms with E-state index in [-0.39, 0.29) is 6.61 Å². The number of nitrogens with zero attached hydrogens (tertiary/aromatic N) is 2. The molecule has 0 spiro atoms. The third kappa shape index (κ3) is 3.69. The Balaban J connectivity index is 1.99. The molecular formula is C15H26N2OS. The van der Waals surface area contributed by atoms with Crippen LogP contribution in [-0.4, -0.2) is 23.2 Å². The summed E-state index contributed by atoms with van der Waals surface area (Å²) in [6, 6.07) is 0. The minimum atomic E-state index is 0.138. The molecule has 3 nitrogen and oxygen atoms in total. The van der Waals surface area contributed by atoms with E-state index in [1.807, 2.05) is 0 Å². The predicted octanol–water partition coefficient (Wildman–Crippen LogP) is 3.60. The lowest BCUT2D eigenvalue weighted by atomic mass is 9.93. The second-order valence-electron chi connectivity index (χ2n) is 5.49. The van der Waals surface area contributed by atoms with Crippen LogP contribution >= 0.6 is 11.3 Å². The zero-order valence-corrected chi connectivity index (χ0v) is 13.0. The van der Waals surface area contributed by atoms with Crippen molar-refractivity contribution in [2.24, 2.45) is 5.92 Å². The van der Waals surface area contributed by atoms with E-state index in [1.165, 1.54) is 25.7 Å². The van der Waals surface area contributed by atoms with Crippen LogP contribution in [-0.2, 0) is 13.0 Å². The van der Waals surface area contributed by atoms with Crippen LogP contribution < -0.4 is 4.90 Å². The number of aliphatic hydroxyl groups excluding tert-OH is 1. The van der Waals surface area contributed by atoms with Gasteiger partial charge in [0.05, 0.1) is 17.2 Å². The monoisotopic (exact) mass is 282 g/mol. The average Bonchev–Trinajstić information content (AvgIpc) is 2.84. The molecule has 0 unspecified atom stereocenters. The first-order chi connectivity index (χ1) is 9.28. The largest absolute Gasteiger partial charge is 0.391 e. The van der Waals surface area contributed by atoms with Gasteiger partial charge in [0.25, 0.3) is 0 Å². The molecule has 108 valence electrons. The molecule has 0 atom stereocenters. The van der Waals surface area contributed by atoms with Crippen LogP contribution in [0.1, 0.15) is 56.5 Å². The fourth-order valence-electron chi connectivity index (χ4n) is 2.88. The van der Waals surface area contributed by atoms with Crippen molar-refractivity contribution < 1.29 is 5.11 Å². The lowest BCUT2D eigenvalue weighted by Gasteiger charge is -2.31. The lowest BCUT2D eigenvalue weighted by molar-refractivity contribution is 0.284. The molecule has 1 aromatic rings. The molecular weight excluding hydrogens is 256 g/mol. The number of thiazole rings is 1. The first kappa shape index (κ1) is 14.8. The Morgan fingerprint density at radius 1 is 1.26 bits per heavy atom. The molecule has 1 aliphatic heterocycles. The Hall–Kier alpha value is -0.610. The van der Waals surface area contributed by atoms with E-state index < -0.39 is 0 Å². The van der Waals surface area contributed by atoms with Crippen molar-refractivity contribution in [3.05, 3.63) is 10.6 Å². The minimum absolute atomic E-state index is 0.138. The average molecular weight is 282 g/mol. The predicted molar refractivity (Wildman–Crippen MR) is 81.9 cm³/mol. The van der Waals surface area contributed by atoms with E-state index in [2.05, 4.69) is 18.7 Å². The van der Waals surface area contributed by atoms with E-state index in [0.717, 1.165) is 47.6 Å². The number of hydrogen-bond acceptors (Lipinski definition) is 4. The maximum Gasteiger partial charge on any atom is 0.185 e. The molecule has 0 bridgehead atoms. The highest BCUT2D eigenvalue weighted by Crippen LogP contribution is 2.31. The van der Waals surface area contributed by atoms with E-state index in [1.54, 1.807) is 11.3 Å². The topological polar surface area (TPSA) is 36.4 Å². The molecule has 2 rings (SSSR count). The van der Waals surface area contributed by atoms with Crippen molar-refractivity contribution in [1.82, 2.24) is 4.98 Å². The molecule has 0 amide bonds. The number of hydrogen-bond donors (Lipinski definition) is 1. The van der Waals surface area contributed by atoms with Gasteiger partial charge in [0, 0.05) is 13.1 Å². The summed E-state index contributed by atoms with van der Waals surface area (Å²) in [5, 5.41) is 10.5. The molecule has 1 aliphatic rings. The summed E-state index contributed by atoms with van der Waals surface area (Å²) in [7, 11) is 0. The van der Waals surface area contributed by atoms with E-state index >= 15 is 0 Å². The summed E-state index contributed by atoms with van der Waals surface area (Å²) in [6.45, 7) is 6.84. The molecule has 1 saturated heterocycles. The van der Waals surface area contributed by atoms with Crippen LogP contribution in [0.5, 0.6) is 0 Å². The quantitative estimate of drug-likeness (QED) is 0.866. The van der Waals surface area contributed by atoms with Gasteiger partial charge < -0.3 is 10.0 Å². The maximum absolute atomic E-state index is 9.42. The molecule has 4 heteroatoms. The fourth-order valence-corrected chi connectivity index (χ4v) is 3.90. The number of aryl methyl sites for hydroxylation is 1. The van der Waals surface area contributed by atoms with E-state index in [0.29, 0.717) is 0 Å². The summed E-state index contributed by atoms with van der Waals surface area (Å²) in [6.07, 6.45) is 7.34. The Bertz CT molecular complexity index is 383.